The van der Waals surface area contributed by atoms with Crippen LogP contribution in [0.5, 0.6) is 0 Å². The van der Waals surface area contributed by atoms with Crippen molar-refractivity contribution in [1.29, 1.82) is 0 Å². The number of nitrogens with one attached hydrogen (secondary N) is 1. The number of rotatable bonds is 4. The second kappa shape index (κ2) is 15.3. The molecule has 2 heterocycles. The van der Waals surface area contributed by atoms with Gasteiger partial charge in [-0.3, -0.25) is 0 Å². The molecule has 0 atom stereocenters. The van der Waals surface area contributed by atoms with Crippen LogP contribution in [0.25, 0.3) is 142 Å². The monoisotopic (exact) mass is 924 g/mol. The summed E-state index contributed by atoms with van der Waals surface area (Å²) in [6, 6.07) is 90.6. The van der Waals surface area contributed by atoms with Gasteiger partial charge in [-0.05, 0) is 157 Å². The lowest BCUT2D eigenvalue weighted by atomic mass is 9.82. The van der Waals surface area contributed by atoms with E-state index in [1.807, 2.05) is 0 Å². The van der Waals surface area contributed by atoms with Gasteiger partial charge in [0.05, 0.1) is 0 Å². The molecule has 2 aliphatic rings. The third-order valence-corrected chi connectivity index (χ3v) is 16.2. The van der Waals surface area contributed by atoms with Crippen molar-refractivity contribution >= 4 is 98.2 Å². The highest BCUT2D eigenvalue weighted by Gasteiger charge is 2.29. The zero-order valence-corrected chi connectivity index (χ0v) is 40.0. The normalized spacial score (nSPS) is 12.5. The molecule has 2 heteroatoms. The third-order valence-electron chi connectivity index (χ3n) is 16.2. The van der Waals surface area contributed by atoms with E-state index in [9.17, 15) is 0 Å². The summed E-state index contributed by atoms with van der Waals surface area (Å²) in [6.45, 7) is 0. The summed E-state index contributed by atoms with van der Waals surface area (Å²) in [7, 11) is 2.24. The molecule has 0 saturated heterocycles. The maximum atomic E-state index is 3.98. The summed E-state index contributed by atoms with van der Waals surface area (Å²) in [4.78, 5) is 2.42. The van der Waals surface area contributed by atoms with E-state index >= 15 is 0 Å². The summed E-state index contributed by atoms with van der Waals surface area (Å²) in [5.74, 6) is 0. The molecule has 0 radical (unpaired) electrons. The quantitative estimate of drug-likeness (QED) is 0.177. The summed E-state index contributed by atoms with van der Waals surface area (Å²) in [5, 5.41) is 21.6. The first-order valence-corrected chi connectivity index (χ1v) is 25.4. The van der Waals surface area contributed by atoms with Crippen molar-refractivity contribution in [2.45, 2.75) is 0 Å². The molecule has 0 unspecified atom stereocenters. The zero-order valence-electron chi connectivity index (χ0n) is 40.0. The molecule has 0 aromatic heterocycles. The standard InChI is InChI=1S/C71H44N2/c1-73-64-37-36-62-70-60(50-32-30-48(40-63(50)72-62)68-56-22-10-6-18-52(56)66(53-19-7-11-23-57(53)68)46-28-26-42-14-2-4-16-44(42)38-46)34-35-61(71(64)70)51-33-31-49(41-65(51)73)69-58-24-12-8-20-54(58)67(55-21-9-13-25-59(55)69)47-29-27-43-15-3-5-17-45(43)39-47/h2-41,72H,1H3. The van der Waals surface area contributed by atoms with Crippen LogP contribution in [-0.4, -0.2) is 7.05 Å². The minimum absolute atomic E-state index is 1.13. The highest BCUT2D eigenvalue weighted by Crippen LogP contribution is 2.56. The number of benzene rings is 14. The van der Waals surface area contributed by atoms with E-state index < -0.39 is 0 Å². The fraction of sp³-hybridized carbons (Fsp3) is 0.0141. The molecule has 0 fully saturated rings. The lowest BCUT2D eigenvalue weighted by Gasteiger charge is -2.34. The van der Waals surface area contributed by atoms with Crippen molar-refractivity contribution in [2.75, 3.05) is 17.3 Å². The topological polar surface area (TPSA) is 15.3 Å². The molecule has 0 aliphatic carbocycles. The van der Waals surface area contributed by atoms with Gasteiger partial charge in [0, 0.05) is 51.7 Å². The number of anilines is 4. The third kappa shape index (κ3) is 5.81. The van der Waals surface area contributed by atoms with Crippen molar-refractivity contribution in [3.05, 3.63) is 243 Å². The Balaban J connectivity index is 0.824. The molecule has 0 saturated carbocycles. The minimum atomic E-state index is 1.13. The number of nitrogens with zero attached hydrogens (tertiary/aromatic N) is 1. The Hall–Kier alpha value is -9.50. The lowest BCUT2D eigenvalue weighted by Crippen LogP contribution is -2.16. The van der Waals surface area contributed by atoms with E-state index in [1.165, 1.54) is 154 Å². The molecule has 0 bridgehead atoms. The van der Waals surface area contributed by atoms with Gasteiger partial charge >= 0.3 is 0 Å². The van der Waals surface area contributed by atoms with Crippen molar-refractivity contribution in [3.8, 4) is 66.8 Å². The Morgan fingerprint density at radius 3 is 1.11 bits per heavy atom. The summed E-state index contributed by atoms with van der Waals surface area (Å²) in [6.07, 6.45) is 0. The molecule has 73 heavy (non-hydrogen) atoms. The molecule has 0 amide bonds. The van der Waals surface area contributed by atoms with E-state index in [2.05, 4.69) is 260 Å². The Morgan fingerprint density at radius 1 is 0.260 bits per heavy atom. The second-order valence-electron chi connectivity index (χ2n) is 20.0. The molecule has 0 spiro atoms. The van der Waals surface area contributed by atoms with Crippen LogP contribution in [0, 0.1) is 0 Å². The minimum Gasteiger partial charge on any atom is -0.354 e. The second-order valence-corrected chi connectivity index (χ2v) is 20.0. The maximum Gasteiger partial charge on any atom is 0.0496 e. The van der Waals surface area contributed by atoms with Gasteiger partial charge in [0.2, 0.25) is 0 Å². The number of hydrogen-bond donors (Lipinski definition) is 1. The van der Waals surface area contributed by atoms with Gasteiger partial charge in [0.25, 0.3) is 0 Å². The van der Waals surface area contributed by atoms with Crippen LogP contribution in [0.2, 0.25) is 0 Å². The fourth-order valence-electron chi connectivity index (χ4n) is 13.0. The first-order valence-electron chi connectivity index (χ1n) is 25.4. The summed E-state index contributed by atoms with van der Waals surface area (Å²) >= 11 is 0. The Morgan fingerprint density at radius 2 is 0.630 bits per heavy atom. The molecule has 338 valence electrons. The zero-order chi connectivity index (χ0) is 47.9. The molecule has 14 aromatic rings. The van der Waals surface area contributed by atoms with Crippen LogP contribution in [0.3, 0.4) is 0 Å². The first kappa shape index (κ1) is 40.3. The highest BCUT2D eigenvalue weighted by atomic mass is 15.1. The van der Waals surface area contributed by atoms with Gasteiger partial charge in [-0.25, -0.2) is 0 Å². The van der Waals surface area contributed by atoms with E-state index in [0.717, 1.165) is 11.4 Å². The van der Waals surface area contributed by atoms with Crippen LogP contribution in [-0.2, 0) is 0 Å². The van der Waals surface area contributed by atoms with E-state index in [4.69, 9.17) is 0 Å². The highest BCUT2D eigenvalue weighted by molar-refractivity contribution is 6.26. The SMILES string of the molecule is CN1c2cc(-c3c4ccccc4c(-c4ccc5ccccc5c4)c4ccccc34)ccc2-c2ccc3c4c(ccc1c24)Nc1cc(-c2c4ccccc4c(-c4ccc5ccccc5c4)c4ccccc24)ccc1-3. The van der Waals surface area contributed by atoms with Crippen molar-refractivity contribution in [1.82, 2.24) is 0 Å². The Bertz CT molecular complexity index is 4620. The summed E-state index contributed by atoms with van der Waals surface area (Å²) in [5.41, 5.74) is 19.7. The molecule has 16 rings (SSSR count). The smallest absolute Gasteiger partial charge is 0.0496 e. The molecule has 2 nitrogen and oxygen atoms in total. The van der Waals surface area contributed by atoms with Crippen molar-refractivity contribution in [3.63, 3.8) is 0 Å². The largest absolute Gasteiger partial charge is 0.354 e. The predicted molar refractivity (Wildman–Crippen MR) is 313 cm³/mol. The lowest BCUT2D eigenvalue weighted by molar-refractivity contribution is 1.21. The molecular weight excluding hydrogens is 881 g/mol. The van der Waals surface area contributed by atoms with Gasteiger partial charge < -0.3 is 10.2 Å². The average molecular weight is 925 g/mol. The van der Waals surface area contributed by atoms with Crippen LogP contribution < -0.4 is 10.2 Å². The number of fused-ring (bicyclic) bond motifs is 10. The number of hydrogen-bond acceptors (Lipinski definition) is 2. The first-order chi connectivity index (χ1) is 36.1. The van der Waals surface area contributed by atoms with Gasteiger partial charge in [0.15, 0.2) is 0 Å². The van der Waals surface area contributed by atoms with Crippen LogP contribution in [0.15, 0.2) is 243 Å². The molecule has 14 aromatic carbocycles. The fourth-order valence-corrected chi connectivity index (χ4v) is 13.0. The average Bonchev–Trinajstić information content (AvgIpc) is 3.45. The molecule has 1 N–H and O–H groups in total. The Labute approximate surface area is 422 Å². The van der Waals surface area contributed by atoms with Gasteiger partial charge in [-0.1, -0.05) is 206 Å². The van der Waals surface area contributed by atoms with Crippen molar-refractivity contribution < 1.29 is 0 Å². The van der Waals surface area contributed by atoms with Crippen LogP contribution in [0.1, 0.15) is 0 Å². The van der Waals surface area contributed by atoms with Crippen LogP contribution >= 0.6 is 0 Å². The van der Waals surface area contributed by atoms with Gasteiger partial charge in [-0.15, -0.1) is 0 Å². The van der Waals surface area contributed by atoms with Gasteiger partial charge in [0.1, 0.15) is 0 Å². The molecular formula is C71H44N2. The predicted octanol–water partition coefficient (Wildman–Crippen LogP) is 19.9. The van der Waals surface area contributed by atoms with E-state index in [-0.39, 0.29) is 0 Å². The van der Waals surface area contributed by atoms with Crippen molar-refractivity contribution in [2.24, 2.45) is 0 Å². The Kier molecular flexibility index (Phi) is 8.41. The van der Waals surface area contributed by atoms with E-state index in [1.54, 1.807) is 0 Å². The molecule has 2 aliphatic heterocycles. The van der Waals surface area contributed by atoms with Crippen LogP contribution in [0.4, 0.5) is 22.7 Å². The maximum absolute atomic E-state index is 3.98. The van der Waals surface area contributed by atoms with E-state index in [0.29, 0.717) is 0 Å². The summed E-state index contributed by atoms with van der Waals surface area (Å²) < 4.78 is 0. The van der Waals surface area contributed by atoms with Gasteiger partial charge in [-0.2, -0.15) is 0 Å².